The fraction of sp³-hybridized carbons (Fsp3) is 0. The van der Waals surface area contributed by atoms with Crippen LogP contribution in [0.5, 0.6) is 5.75 Å². The van der Waals surface area contributed by atoms with Crippen LogP contribution in [-0.2, 0) is 0 Å². The van der Waals surface area contributed by atoms with Crippen molar-refractivity contribution < 1.29 is 9.52 Å². The molecule has 1 aromatic heterocycles. The van der Waals surface area contributed by atoms with E-state index in [1.54, 1.807) is 0 Å². The molecule has 1 aromatic carbocycles. The molecule has 62 valence electrons. The van der Waals surface area contributed by atoms with Crippen LogP contribution in [0.25, 0.3) is 11.1 Å². The Labute approximate surface area is 66.4 Å². The predicted molar refractivity (Wildman–Crippen MR) is 42.9 cm³/mol. The zero-order valence-electron chi connectivity index (χ0n) is 6.00. The average Bonchev–Trinajstić information content (AvgIpc) is 2.30. The van der Waals surface area contributed by atoms with Gasteiger partial charge in [-0.2, -0.15) is 0 Å². The molecule has 0 saturated heterocycles. The summed E-state index contributed by atoms with van der Waals surface area (Å²) < 4.78 is 4.68. The number of nitrogens with one attached hydrogen (secondary N) is 1. The van der Waals surface area contributed by atoms with Crippen LogP contribution in [0.3, 0.4) is 0 Å². The van der Waals surface area contributed by atoms with E-state index in [2.05, 4.69) is 9.40 Å². The van der Waals surface area contributed by atoms with E-state index in [9.17, 15) is 4.79 Å². The van der Waals surface area contributed by atoms with Gasteiger partial charge in [-0.15, -0.1) is 0 Å². The second-order valence-electron chi connectivity index (χ2n) is 2.42. The van der Waals surface area contributed by atoms with Crippen LogP contribution < -0.4 is 11.5 Å². The summed E-state index contributed by atoms with van der Waals surface area (Å²) in [6.45, 7) is 0. The Morgan fingerprint density at radius 3 is 3.00 bits per heavy atom. The van der Waals surface area contributed by atoms with Gasteiger partial charge in [0.1, 0.15) is 5.75 Å². The molecule has 4 N–H and O–H groups in total. The molecule has 2 aromatic rings. The van der Waals surface area contributed by atoms with Crippen LogP contribution in [0.1, 0.15) is 0 Å². The molecule has 0 spiro atoms. The number of aromatic nitrogens is 1. The first-order valence-electron chi connectivity index (χ1n) is 3.28. The smallest absolute Gasteiger partial charge is 0.417 e. The predicted octanol–water partition coefficient (Wildman–Crippen LogP) is 0.409. The third-order valence-corrected chi connectivity index (χ3v) is 1.57. The summed E-state index contributed by atoms with van der Waals surface area (Å²) >= 11 is 0. The minimum Gasteiger partial charge on any atom is -0.506 e. The van der Waals surface area contributed by atoms with Gasteiger partial charge in [0.05, 0.1) is 11.2 Å². The summed E-state index contributed by atoms with van der Waals surface area (Å²) in [5, 5.41) is 9.13. The molecule has 0 aliphatic carbocycles. The van der Waals surface area contributed by atoms with E-state index in [1.807, 2.05) is 0 Å². The van der Waals surface area contributed by atoms with Gasteiger partial charge in [-0.3, -0.25) is 4.98 Å². The maximum atomic E-state index is 10.7. The summed E-state index contributed by atoms with van der Waals surface area (Å²) in [7, 11) is 0. The zero-order chi connectivity index (χ0) is 8.72. The van der Waals surface area contributed by atoms with Gasteiger partial charge in [0, 0.05) is 6.07 Å². The lowest BCUT2D eigenvalue weighted by molar-refractivity contribution is 0.476. The number of oxazole rings is 1. The third kappa shape index (κ3) is 0.833. The molecule has 5 nitrogen and oxygen atoms in total. The Balaban J connectivity index is 2.92. The number of phenols is 1. The van der Waals surface area contributed by atoms with Crippen molar-refractivity contribution in [1.82, 2.24) is 4.98 Å². The molecule has 0 radical (unpaired) electrons. The van der Waals surface area contributed by atoms with E-state index >= 15 is 0 Å². The largest absolute Gasteiger partial charge is 0.506 e. The number of rotatable bonds is 0. The van der Waals surface area contributed by atoms with Gasteiger partial charge < -0.3 is 15.3 Å². The number of nitrogen functional groups attached to an aromatic ring is 1. The normalized spacial score (nSPS) is 10.7. The number of benzene rings is 1. The van der Waals surface area contributed by atoms with Gasteiger partial charge in [-0.05, 0) is 6.07 Å². The SMILES string of the molecule is Nc1cc2[nH]c(=O)oc2cc1O. The lowest BCUT2D eigenvalue weighted by atomic mass is 10.3. The lowest BCUT2D eigenvalue weighted by Crippen LogP contribution is -1.93. The quantitative estimate of drug-likeness (QED) is 0.390. The van der Waals surface area contributed by atoms with Gasteiger partial charge in [-0.1, -0.05) is 0 Å². The molecule has 0 fully saturated rings. The van der Waals surface area contributed by atoms with Crippen LogP contribution in [0.2, 0.25) is 0 Å². The second-order valence-corrected chi connectivity index (χ2v) is 2.42. The molecule has 0 saturated carbocycles. The molecule has 0 bridgehead atoms. The minimum absolute atomic E-state index is 0.0924. The molecular formula is C7H6N2O3. The van der Waals surface area contributed by atoms with Crippen molar-refractivity contribution in [3.05, 3.63) is 22.7 Å². The van der Waals surface area contributed by atoms with E-state index in [-0.39, 0.29) is 11.4 Å². The fourth-order valence-corrected chi connectivity index (χ4v) is 1.00. The van der Waals surface area contributed by atoms with Gasteiger partial charge >= 0.3 is 5.76 Å². The molecule has 0 amide bonds. The van der Waals surface area contributed by atoms with Crippen molar-refractivity contribution in [1.29, 1.82) is 0 Å². The summed E-state index contributed by atoms with van der Waals surface area (Å²) in [6, 6.07) is 2.73. The Morgan fingerprint density at radius 2 is 2.25 bits per heavy atom. The molecular weight excluding hydrogens is 160 g/mol. The number of phenolic OH excluding ortho intramolecular Hbond substituents is 1. The highest BCUT2D eigenvalue weighted by atomic mass is 16.4. The highest BCUT2D eigenvalue weighted by molar-refractivity contribution is 5.79. The number of hydrogen-bond donors (Lipinski definition) is 3. The number of fused-ring (bicyclic) bond motifs is 1. The second kappa shape index (κ2) is 2.04. The number of hydrogen-bond acceptors (Lipinski definition) is 4. The first-order chi connectivity index (χ1) is 5.66. The van der Waals surface area contributed by atoms with Crippen LogP contribution in [-0.4, -0.2) is 10.1 Å². The van der Waals surface area contributed by atoms with Crippen molar-refractivity contribution in [2.75, 3.05) is 5.73 Å². The van der Waals surface area contributed by atoms with E-state index in [0.717, 1.165) is 0 Å². The van der Waals surface area contributed by atoms with E-state index < -0.39 is 5.76 Å². The van der Waals surface area contributed by atoms with Crippen molar-refractivity contribution in [2.24, 2.45) is 0 Å². The zero-order valence-corrected chi connectivity index (χ0v) is 6.00. The minimum atomic E-state index is -0.560. The van der Waals surface area contributed by atoms with E-state index in [4.69, 9.17) is 10.8 Å². The molecule has 0 aliphatic heterocycles. The summed E-state index contributed by atoms with van der Waals surface area (Å²) in [6.07, 6.45) is 0. The van der Waals surface area contributed by atoms with Gasteiger partial charge in [0.25, 0.3) is 0 Å². The number of H-pyrrole nitrogens is 1. The molecule has 5 heteroatoms. The summed E-state index contributed by atoms with van der Waals surface area (Å²) in [5.41, 5.74) is 6.37. The molecule has 12 heavy (non-hydrogen) atoms. The number of anilines is 1. The van der Waals surface area contributed by atoms with Gasteiger partial charge in [0.15, 0.2) is 5.58 Å². The molecule has 0 aliphatic rings. The molecule has 0 atom stereocenters. The number of nitrogens with two attached hydrogens (primary N) is 1. The number of aromatic amines is 1. The first kappa shape index (κ1) is 6.78. The Bertz CT molecular complexity index is 441. The Kier molecular flexibility index (Phi) is 1.15. The van der Waals surface area contributed by atoms with Crippen LogP contribution in [0.15, 0.2) is 21.3 Å². The topological polar surface area (TPSA) is 92.3 Å². The lowest BCUT2D eigenvalue weighted by Gasteiger charge is -1.95. The van der Waals surface area contributed by atoms with Crippen molar-refractivity contribution in [3.63, 3.8) is 0 Å². The maximum absolute atomic E-state index is 10.7. The average molecular weight is 166 g/mol. The monoisotopic (exact) mass is 166 g/mol. The fourth-order valence-electron chi connectivity index (χ4n) is 1.00. The molecule has 0 unspecified atom stereocenters. The van der Waals surface area contributed by atoms with Crippen LogP contribution in [0.4, 0.5) is 5.69 Å². The van der Waals surface area contributed by atoms with Crippen molar-refractivity contribution in [3.8, 4) is 5.75 Å². The number of aromatic hydroxyl groups is 1. The molecule has 1 heterocycles. The third-order valence-electron chi connectivity index (χ3n) is 1.57. The van der Waals surface area contributed by atoms with Gasteiger partial charge in [-0.25, -0.2) is 4.79 Å². The molecule has 2 rings (SSSR count). The van der Waals surface area contributed by atoms with Gasteiger partial charge in [0.2, 0.25) is 0 Å². The van der Waals surface area contributed by atoms with Crippen molar-refractivity contribution in [2.45, 2.75) is 0 Å². The van der Waals surface area contributed by atoms with Crippen LogP contribution in [0, 0.1) is 0 Å². The first-order valence-corrected chi connectivity index (χ1v) is 3.28. The summed E-state index contributed by atoms with van der Waals surface area (Å²) in [5.74, 6) is -0.653. The Hall–Kier alpha value is -1.91. The standard InChI is InChI=1S/C7H6N2O3/c8-3-1-4-6(2-5(3)10)12-7(11)9-4/h1-2,10H,8H2,(H,9,11). The van der Waals surface area contributed by atoms with Crippen LogP contribution >= 0.6 is 0 Å². The summed E-state index contributed by atoms with van der Waals surface area (Å²) in [4.78, 5) is 13.1. The van der Waals surface area contributed by atoms with Crippen molar-refractivity contribution >= 4 is 16.8 Å². The Morgan fingerprint density at radius 1 is 1.50 bits per heavy atom. The highest BCUT2D eigenvalue weighted by Gasteiger charge is 2.04. The van der Waals surface area contributed by atoms with E-state index in [1.165, 1.54) is 12.1 Å². The highest BCUT2D eigenvalue weighted by Crippen LogP contribution is 2.24. The maximum Gasteiger partial charge on any atom is 0.417 e. The van der Waals surface area contributed by atoms with E-state index in [0.29, 0.717) is 11.1 Å².